The van der Waals surface area contributed by atoms with Crippen molar-refractivity contribution in [3.8, 4) is 11.5 Å². The van der Waals surface area contributed by atoms with E-state index in [9.17, 15) is 8.42 Å². The number of rotatable bonds is 12. The van der Waals surface area contributed by atoms with Crippen molar-refractivity contribution in [2.45, 2.75) is 77.2 Å². The SMILES string of the molecule is COc1ccc(CN(Cc2ccc(OC)cc2)S(=O)(=O)[C@@H](C)[C@H](O[Si](C)(C)C(C)(C)C)c2cnc(C)cn2)cc1. The Hall–Kier alpha value is -2.79. The van der Waals surface area contributed by atoms with Crippen molar-refractivity contribution in [3.05, 3.63) is 83.4 Å². The standard InChI is InChI=1S/C30H43N3O5SSi/c1-22-18-32-28(19-31-22)29(38-40(8,9)30(3,4)5)23(2)39(34,35)33(20-24-10-14-26(36-6)15-11-24)21-25-12-16-27(37-7)17-13-25/h10-19,23,29H,20-21H2,1-9H3/t23-,29-/m0/s1. The van der Waals surface area contributed by atoms with Crippen LogP contribution in [0.3, 0.4) is 0 Å². The second-order valence-corrected chi connectivity index (χ2v) is 18.6. The van der Waals surface area contributed by atoms with Gasteiger partial charge in [0.2, 0.25) is 10.0 Å². The highest BCUT2D eigenvalue weighted by Crippen LogP contribution is 2.41. The minimum Gasteiger partial charge on any atom is -0.497 e. The molecule has 0 bridgehead atoms. The average Bonchev–Trinajstić information content (AvgIpc) is 2.91. The van der Waals surface area contributed by atoms with Gasteiger partial charge in [0.25, 0.3) is 0 Å². The lowest BCUT2D eigenvalue weighted by Gasteiger charge is -2.41. The van der Waals surface area contributed by atoms with Crippen LogP contribution in [0.15, 0.2) is 60.9 Å². The first-order valence-corrected chi connectivity index (χ1v) is 17.8. The van der Waals surface area contributed by atoms with Crippen molar-refractivity contribution < 1.29 is 22.3 Å². The number of hydrogen-bond acceptors (Lipinski definition) is 7. The van der Waals surface area contributed by atoms with Crippen LogP contribution in [0.25, 0.3) is 0 Å². The number of methoxy groups -OCH3 is 2. The molecule has 3 rings (SSSR count). The summed E-state index contributed by atoms with van der Waals surface area (Å²) >= 11 is 0. The average molecular weight is 586 g/mol. The molecule has 0 N–H and O–H groups in total. The zero-order chi connectivity index (χ0) is 29.7. The van der Waals surface area contributed by atoms with Crippen molar-refractivity contribution in [2.75, 3.05) is 14.2 Å². The van der Waals surface area contributed by atoms with Gasteiger partial charge in [0.1, 0.15) is 22.9 Å². The third-order valence-electron chi connectivity index (χ3n) is 7.61. The Morgan fingerprint density at radius 2 is 1.32 bits per heavy atom. The lowest BCUT2D eigenvalue weighted by atomic mass is 10.2. The van der Waals surface area contributed by atoms with E-state index in [1.807, 2.05) is 55.5 Å². The Kier molecular flexibility index (Phi) is 10.2. The zero-order valence-electron chi connectivity index (χ0n) is 25.1. The topological polar surface area (TPSA) is 90.9 Å². The van der Waals surface area contributed by atoms with Crippen LogP contribution in [0.2, 0.25) is 18.1 Å². The molecule has 0 unspecified atom stereocenters. The smallest absolute Gasteiger partial charge is 0.220 e. The van der Waals surface area contributed by atoms with Crippen LogP contribution >= 0.6 is 0 Å². The van der Waals surface area contributed by atoms with E-state index in [1.165, 1.54) is 4.31 Å². The fourth-order valence-electron chi connectivity index (χ4n) is 3.94. The second kappa shape index (κ2) is 12.8. The molecule has 0 saturated heterocycles. The van der Waals surface area contributed by atoms with E-state index in [0.717, 1.165) is 16.8 Å². The van der Waals surface area contributed by atoms with E-state index >= 15 is 0 Å². The summed E-state index contributed by atoms with van der Waals surface area (Å²) in [5, 5.41) is -1.05. The van der Waals surface area contributed by atoms with Crippen molar-refractivity contribution >= 4 is 18.3 Å². The molecular weight excluding hydrogens is 542 g/mol. The lowest BCUT2D eigenvalue weighted by Crippen LogP contribution is -2.47. The summed E-state index contributed by atoms with van der Waals surface area (Å²) in [4.78, 5) is 8.98. The van der Waals surface area contributed by atoms with Gasteiger partial charge in [-0.15, -0.1) is 0 Å². The Morgan fingerprint density at radius 1 is 0.850 bits per heavy atom. The zero-order valence-corrected chi connectivity index (χ0v) is 27.0. The van der Waals surface area contributed by atoms with Gasteiger partial charge < -0.3 is 13.9 Å². The van der Waals surface area contributed by atoms with Crippen LogP contribution in [0.1, 0.15) is 56.3 Å². The van der Waals surface area contributed by atoms with Crippen LogP contribution in [-0.2, 0) is 27.5 Å². The van der Waals surface area contributed by atoms with Gasteiger partial charge in [-0.2, -0.15) is 4.31 Å². The Morgan fingerprint density at radius 3 is 1.70 bits per heavy atom. The number of hydrogen-bond donors (Lipinski definition) is 0. The molecule has 0 amide bonds. The second-order valence-electron chi connectivity index (χ2n) is 11.6. The third-order valence-corrected chi connectivity index (χ3v) is 14.2. The van der Waals surface area contributed by atoms with Gasteiger partial charge in [-0.1, -0.05) is 45.0 Å². The monoisotopic (exact) mass is 585 g/mol. The summed E-state index contributed by atoms with van der Waals surface area (Å²) in [7, 11) is -3.08. The summed E-state index contributed by atoms with van der Waals surface area (Å²) in [5.74, 6) is 1.42. The fraction of sp³-hybridized carbons (Fsp3) is 0.467. The van der Waals surface area contributed by atoms with Crippen molar-refractivity contribution in [3.63, 3.8) is 0 Å². The van der Waals surface area contributed by atoms with E-state index in [4.69, 9.17) is 13.9 Å². The molecule has 3 aromatic rings. The first-order valence-electron chi connectivity index (χ1n) is 13.4. The molecule has 0 aliphatic rings. The number of nitrogens with zero attached hydrogens (tertiary/aromatic N) is 3. The summed E-state index contributed by atoms with van der Waals surface area (Å²) < 4.78 is 47.8. The summed E-state index contributed by atoms with van der Waals surface area (Å²) in [6, 6.07) is 14.9. The number of sulfonamides is 1. The minimum absolute atomic E-state index is 0.126. The Bertz CT molecular complexity index is 1290. The fourth-order valence-corrected chi connectivity index (χ4v) is 6.98. The molecule has 218 valence electrons. The first kappa shape index (κ1) is 31.7. The molecule has 0 radical (unpaired) electrons. The molecule has 8 nitrogen and oxygen atoms in total. The molecule has 40 heavy (non-hydrogen) atoms. The molecule has 0 spiro atoms. The molecule has 10 heteroatoms. The minimum atomic E-state index is -3.90. The highest BCUT2D eigenvalue weighted by atomic mass is 32.2. The predicted molar refractivity (Wildman–Crippen MR) is 161 cm³/mol. The molecule has 2 aromatic carbocycles. The van der Waals surface area contributed by atoms with Crippen molar-refractivity contribution in [1.82, 2.24) is 14.3 Å². The van der Waals surface area contributed by atoms with E-state index in [0.29, 0.717) is 17.2 Å². The van der Waals surface area contributed by atoms with Crippen LogP contribution < -0.4 is 9.47 Å². The van der Waals surface area contributed by atoms with Gasteiger partial charge in [0.15, 0.2) is 8.32 Å². The van der Waals surface area contributed by atoms with Gasteiger partial charge in [-0.3, -0.25) is 9.97 Å². The predicted octanol–water partition coefficient (Wildman–Crippen LogP) is 6.29. The maximum absolute atomic E-state index is 14.5. The number of aryl methyl sites for hydroxylation is 1. The van der Waals surface area contributed by atoms with Crippen LogP contribution in [0.5, 0.6) is 11.5 Å². The van der Waals surface area contributed by atoms with Crippen molar-refractivity contribution in [2.24, 2.45) is 0 Å². The molecule has 1 aromatic heterocycles. The summed E-state index contributed by atoms with van der Waals surface area (Å²) in [6.45, 7) is 14.6. The largest absolute Gasteiger partial charge is 0.497 e. The molecule has 0 aliphatic heterocycles. The summed E-state index contributed by atoms with van der Waals surface area (Å²) in [5.41, 5.74) is 2.97. The number of benzene rings is 2. The van der Waals surface area contributed by atoms with E-state index in [2.05, 4.69) is 43.8 Å². The lowest BCUT2D eigenvalue weighted by molar-refractivity contribution is 0.173. The van der Waals surface area contributed by atoms with E-state index in [1.54, 1.807) is 33.5 Å². The van der Waals surface area contributed by atoms with Crippen LogP contribution in [-0.4, -0.2) is 50.5 Å². The molecule has 0 aliphatic carbocycles. The maximum atomic E-state index is 14.5. The third kappa shape index (κ3) is 7.69. The highest BCUT2D eigenvalue weighted by molar-refractivity contribution is 7.89. The van der Waals surface area contributed by atoms with Gasteiger partial charge in [-0.25, -0.2) is 8.42 Å². The number of ether oxygens (including phenoxy) is 2. The quantitative estimate of drug-likeness (QED) is 0.231. The Balaban J connectivity index is 2.05. The normalized spacial score (nSPS) is 14.2. The molecule has 0 saturated carbocycles. The van der Waals surface area contributed by atoms with E-state index < -0.39 is 29.7 Å². The number of aromatic nitrogens is 2. The Labute approximate surface area is 240 Å². The van der Waals surface area contributed by atoms with Gasteiger partial charge in [-0.05, 0) is 67.4 Å². The maximum Gasteiger partial charge on any atom is 0.220 e. The van der Waals surface area contributed by atoms with Gasteiger partial charge in [0, 0.05) is 19.3 Å². The van der Waals surface area contributed by atoms with Crippen molar-refractivity contribution in [1.29, 1.82) is 0 Å². The van der Waals surface area contributed by atoms with Crippen LogP contribution in [0, 0.1) is 6.92 Å². The molecule has 2 atom stereocenters. The van der Waals surface area contributed by atoms with Gasteiger partial charge >= 0.3 is 0 Å². The van der Waals surface area contributed by atoms with E-state index in [-0.39, 0.29) is 18.1 Å². The molecule has 0 fully saturated rings. The van der Waals surface area contributed by atoms with Gasteiger partial charge in [0.05, 0.1) is 31.8 Å². The summed E-state index contributed by atoms with van der Waals surface area (Å²) in [6.07, 6.45) is 2.51. The van der Waals surface area contributed by atoms with Crippen LogP contribution in [0.4, 0.5) is 0 Å². The first-order chi connectivity index (χ1) is 18.7. The molecule has 1 heterocycles. The molecular formula is C30H43N3O5SSi. The highest BCUT2D eigenvalue weighted by Gasteiger charge is 2.44.